The van der Waals surface area contributed by atoms with Crippen LogP contribution in [-0.4, -0.2) is 107 Å². The van der Waals surface area contributed by atoms with Crippen molar-refractivity contribution in [1.82, 2.24) is 31.2 Å². The normalized spacial score (nSPS) is 17.0. The third kappa shape index (κ3) is 12.4. The third-order valence-electron chi connectivity index (χ3n) is 10.9. The number of para-hydroxylation sites is 1. The van der Waals surface area contributed by atoms with E-state index in [0.717, 1.165) is 16.5 Å². The fourth-order valence-electron chi connectivity index (χ4n) is 7.38. The van der Waals surface area contributed by atoms with Crippen LogP contribution in [0.25, 0.3) is 10.9 Å². The zero-order valence-electron chi connectivity index (χ0n) is 34.2. The zero-order chi connectivity index (χ0) is 43.2. The summed E-state index contributed by atoms with van der Waals surface area (Å²) in [6.07, 6.45) is 0.307. The summed E-state index contributed by atoms with van der Waals surface area (Å²) in [7, 11) is 1.25. The topological polar surface area (TPSA) is 222 Å². The molecule has 0 spiro atoms. The highest BCUT2D eigenvalue weighted by Gasteiger charge is 2.38. The molecule has 1 fully saturated rings. The first-order valence-electron chi connectivity index (χ1n) is 20.3. The molecule has 15 nitrogen and oxygen atoms in total. The van der Waals surface area contributed by atoms with Crippen LogP contribution in [0, 0.1) is 5.92 Å². The van der Waals surface area contributed by atoms with Crippen LogP contribution in [-0.2, 0) is 41.6 Å². The maximum atomic E-state index is 14.0. The molecule has 7 atom stereocenters. The Morgan fingerprint density at radius 2 is 1.47 bits per heavy atom. The van der Waals surface area contributed by atoms with Gasteiger partial charge in [-0.15, -0.1) is 0 Å². The van der Waals surface area contributed by atoms with E-state index in [9.17, 15) is 33.9 Å². The van der Waals surface area contributed by atoms with E-state index in [0.29, 0.717) is 31.3 Å². The van der Waals surface area contributed by atoms with Crippen LogP contribution in [0.4, 0.5) is 0 Å². The van der Waals surface area contributed by atoms with E-state index in [2.05, 4.69) is 26.3 Å². The number of carbonyl (C=O) groups excluding carboxylic acids is 6. The summed E-state index contributed by atoms with van der Waals surface area (Å²) >= 11 is 0. The number of nitrogens with zero attached hydrogens (tertiary/aromatic N) is 2. The van der Waals surface area contributed by atoms with Crippen molar-refractivity contribution in [2.24, 2.45) is 11.7 Å². The molecule has 5 amide bonds. The molecule has 1 saturated heterocycles. The Hall–Kier alpha value is -6.19. The van der Waals surface area contributed by atoms with Crippen LogP contribution >= 0.6 is 0 Å². The molecular weight excluding hydrogens is 767 g/mol. The predicted octanol–water partition coefficient (Wildman–Crippen LogP) is 2.19. The number of aliphatic hydroxyl groups excluding tert-OH is 1. The SMILES string of the molecule is CCC(C)[C@H](NC(=O)[C@@H]1CCCN1C[C@H](O)[C@H](Cc1ccccc1)NC(=O)[C@H](CC(N)=O)NC(=O)c1ccc2ccccc2n1)C(=O)N[C@@H](Cc1ccccc1)C(=O)OC. The molecule has 0 aliphatic carbocycles. The number of benzene rings is 3. The summed E-state index contributed by atoms with van der Waals surface area (Å²) in [5.74, 6) is -4.08. The molecule has 60 heavy (non-hydrogen) atoms. The maximum absolute atomic E-state index is 14.0. The molecule has 0 saturated carbocycles. The number of nitrogens with two attached hydrogens (primary N) is 1. The first kappa shape index (κ1) is 44.9. The monoisotopic (exact) mass is 821 g/mol. The lowest BCUT2D eigenvalue weighted by Gasteiger charge is -2.33. The number of ether oxygens (including phenoxy) is 1. The van der Waals surface area contributed by atoms with Gasteiger partial charge in [-0.1, -0.05) is 105 Å². The van der Waals surface area contributed by atoms with Crippen molar-refractivity contribution in [2.75, 3.05) is 20.2 Å². The van der Waals surface area contributed by atoms with Gasteiger partial charge < -0.3 is 36.8 Å². The minimum atomic E-state index is -1.38. The van der Waals surface area contributed by atoms with Crippen molar-refractivity contribution in [1.29, 1.82) is 0 Å². The number of amides is 5. The summed E-state index contributed by atoms with van der Waals surface area (Å²) in [5.41, 5.74) is 7.76. The first-order valence-corrected chi connectivity index (χ1v) is 20.3. The molecule has 3 aromatic carbocycles. The molecule has 0 radical (unpaired) electrons. The summed E-state index contributed by atoms with van der Waals surface area (Å²) < 4.78 is 4.98. The van der Waals surface area contributed by atoms with Crippen LogP contribution in [0.5, 0.6) is 0 Å². The van der Waals surface area contributed by atoms with Crippen LogP contribution in [0.1, 0.15) is 61.1 Å². The van der Waals surface area contributed by atoms with Crippen LogP contribution in [0.2, 0.25) is 0 Å². The summed E-state index contributed by atoms with van der Waals surface area (Å²) in [6.45, 7) is 4.18. The van der Waals surface area contributed by atoms with Crippen LogP contribution in [0.3, 0.4) is 0 Å². The van der Waals surface area contributed by atoms with E-state index in [1.54, 1.807) is 18.2 Å². The molecule has 1 unspecified atom stereocenters. The number of nitrogens with one attached hydrogen (secondary N) is 4. The number of rotatable bonds is 20. The van der Waals surface area contributed by atoms with E-state index in [-0.39, 0.29) is 31.0 Å². The lowest BCUT2D eigenvalue weighted by Crippen LogP contribution is -2.59. The van der Waals surface area contributed by atoms with Crippen LogP contribution < -0.4 is 27.0 Å². The van der Waals surface area contributed by atoms with Crippen molar-refractivity contribution in [2.45, 2.75) is 88.7 Å². The van der Waals surface area contributed by atoms with E-state index >= 15 is 0 Å². The predicted molar refractivity (Wildman–Crippen MR) is 225 cm³/mol. The number of carbonyl (C=O) groups is 6. The number of pyridine rings is 1. The van der Waals surface area contributed by atoms with E-state index in [1.165, 1.54) is 13.2 Å². The molecule has 1 aliphatic rings. The van der Waals surface area contributed by atoms with Gasteiger partial charge in [0.2, 0.25) is 23.6 Å². The van der Waals surface area contributed by atoms with Gasteiger partial charge in [0, 0.05) is 18.4 Å². The molecule has 15 heteroatoms. The van der Waals surface area contributed by atoms with Gasteiger partial charge in [0.25, 0.3) is 5.91 Å². The number of aromatic nitrogens is 1. The van der Waals surface area contributed by atoms with Gasteiger partial charge in [0.1, 0.15) is 23.8 Å². The molecule has 5 rings (SSSR count). The van der Waals surface area contributed by atoms with E-state index in [4.69, 9.17) is 10.5 Å². The molecular formula is C45H55N7O8. The number of fused-ring (bicyclic) bond motifs is 1. The average molecular weight is 822 g/mol. The molecule has 7 N–H and O–H groups in total. The highest BCUT2D eigenvalue weighted by atomic mass is 16.5. The second-order valence-electron chi connectivity index (χ2n) is 15.3. The molecule has 318 valence electrons. The van der Waals surface area contributed by atoms with Gasteiger partial charge in [-0.3, -0.25) is 28.9 Å². The van der Waals surface area contributed by atoms with E-state index < -0.39 is 78.2 Å². The van der Waals surface area contributed by atoms with Crippen molar-refractivity contribution < 1.29 is 38.6 Å². The smallest absolute Gasteiger partial charge is 0.328 e. The Labute approximate surface area is 349 Å². The van der Waals surface area contributed by atoms with Crippen molar-refractivity contribution in [3.05, 3.63) is 114 Å². The lowest BCUT2D eigenvalue weighted by atomic mass is 9.96. The number of likely N-dealkylation sites (tertiary alicyclic amines) is 1. The standard InChI is InChI=1S/C45H55N7O8/c1-4-28(2)40(44(58)50-36(45(59)60-3)25-30-16-9-6-10-17-30)51-43(57)37-20-13-23-52(37)27-38(53)34(24-29-14-7-5-8-15-29)48-42(56)35(26-39(46)54)49-41(55)33-22-21-31-18-11-12-19-32(31)47-33/h5-12,14-19,21-22,28,34-38,40,53H,4,13,20,23-27H2,1-3H3,(H2,46,54)(H,48,56)(H,49,55)(H,50,58)(H,51,57)/t28?,34-,35-,36-,37-,38-,40-/m0/s1. The summed E-state index contributed by atoms with van der Waals surface area (Å²) in [4.78, 5) is 86.1. The number of hydrogen-bond donors (Lipinski definition) is 6. The molecule has 1 aromatic heterocycles. The second-order valence-corrected chi connectivity index (χ2v) is 15.3. The quantitative estimate of drug-likeness (QED) is 0.0714. The number of primary amides is 1. The Morgan fingerprint density at radius 1 is 0.817 bits per heavy atom. The first-order chi connectivity index (χ1) is 28.9. The fraction of sp³-hybridized carbons (Fsp3) is 0.400. The van der Waals surface area contributed by atoms with Crippen molar-refractivity contribution in [3.63, 3.8) is 0 Å². The minimum absolute atomic E-state index is 0.0224. The molecule has 0 bridgehead atoms. The fourth-order valence-corrected chi connectivity index (χ4v) is 7.38. The Morgan fingerprint density at radius 3 is 2.12 bits per heavy atom. The Balaban J connectivity index is 1.29. The molecule has 1 aliphatic heterocycles. The Kier molecular flexibility index (Phi) is 16.2. The minimum Gasteiger partial charge on any atom is -0.467 e. The number of hydrogen-bond acceptors (Lipinski definition) is 10. The summed E-state index contributed by atoms with van der Waals surface area (Å²) in [6, 6.07) is 23.9. The lowest BCUT2D eigenvalue weighted by molar-refractivity contribution is -0.145. The van der Waals surface area contributed by atoms with E-state index in [1.807, 2.05) is 91.5 Å². The largest absolute Gasteiger partial charge is 0.467 e. The van der Waals surface area contributed by atoms with Crippen molar-refractivity contribution >= 4 is 46.4 Å². The number of β-amino-alcohol motifs (C(OH)–C–C–N with tert-alkyl or cyclic N) is 1. The molecule has 2 heterocycles. The third-order valence-corrected chi connectivity index (χ3v) is 10.9. The van der Waals surface area contributed by atoms with Crippen LogP contribution in [0.15, 0.2) is 97.1 Å². The highest BCUT2D eigenvalue weighted by Crippen LogP contribution is 2.21. The second kappa shape index (κ2) is 21.7. The van der Waals surface area contributed by atoms with Gasteiger partial charge in [-0.2, -0.15) is 0 Å². The average Bonchev–Trinajstić information content (AvgIpc) is 3.72. The maximum Gasteiger partial charge on any atom is 0.328 e. The zero-order valence-corrected chi connectivity index (χ0v) is 34.2. The number of methoxy groups -OCH3 is 1. The Bertz CT molecular complexity index is 2100. The van der Waals surface area contributed by atoms with Gasteiger partial charge in [-0.05, 0) is 55.0 Å². The van der Waals surface area contributed by atoms with Crippen molar-refractivity contribution in [3.8, 4) is 0 Å². The van der Waals surface area contributed by atoms with Gasteiger partial charge in [-0.25, -0.2) is 9.78 Å². The summed E-state index contributed by atoms with van der Waals surface area (Å²) in [5, 5.41) is 23.8. The van der Waals surface area contributed by atoms with Gasteiger partial charge >= 0.3 is 5.97 Å². The number of aliphatic hydroxyl groups is 1. The van der Waals surface area contributed by atoms with Gasteiger partial charge in [0.05, 0.1) is 37.2 Å². The van der Waals surface area contributed by atoms with Gasteiger partial charge in [0.15, 0.2) is 0 Å². The molecule has 4 aromatic rings. The number of esters is 1. The highest BCUT2D eigenvalue weighted by molar-refractivity contribution is 5.99.